The van der Waals surface area contributed by atoms with Crippen LogP contribution in [0.1, 0.15) is 33.3 Å². The molecule has 2 N–H and O–H groups in total. The van der Waals surface area contributed by atoms with Gasteiger partial charge in [0.05, 0.1) is 0 Å². The number of hydrazine groups is 1. The molecule has 1 aromatic rings. The van der Waals surface area contributed by atoms with E-state index in [-0.39, 0.29) is 11.9 Å². The molecule has 4 nitrogen and oxygen atoms in total. The zero-order chi connectivity index (χ0) is 14.5. The lowest BCUT2D eigenvalue weighted by molar-refractivity contribution is 0.0489. The van der Waals surface area contributed by atoms with Crippen LogP contribution in [-0.4, -0.2) is 17.7 Å². The van der Waals surface area contributed by atoms with Gasteiger partial charge in [0.1, 0.15) is 11.4 Å². The first-order valence-electron chi connectivity index (χ1n) is 6.26. The average Bonchev–Trinajstić information content (AvgIpc) is 2.27. The van der Waals surface area contributed by atoms with E-state index in [0.29, 0.717) is 12.0 Å². The van der Waals surface area contributed by atoms with Crippen LogP contribution in [0, 0.1) is 5.82 Å². The second kappa shape index (κ2) is 6.52. The Kier molecular flexibility index (Phi) is 5.30. The Labute approximate surface area is 113 Å². The lowest BCUT2D eigenvalue weighted by atomic mass is 10.1. The summed E-state index contributed by atoms with van der Waals surface area (Å²) in [4.78, 5) is 11.4. The lowest BCUT2D eigenvalue weighted by Gasteiger charge is -2.21. The topological polar surface area (TPSA) is 50.4 Å². The number of hydrogen-bond donors (Lipinski definition) is 2. The first-order chi connectivity index (χ1) is 8.78. The Hall–Kier alpha value is -1.62. The molecule has 1 atom stereocenters. The van der Waals surface area contributed by atoms with Gasteiger partial charge in [0, 0.05) is 6.04 Å². The van der Waals surface area contributed by atoms with Crippen molar-refractivity contribution >= 4 is 6.09 Å². The summed E-state index contributed by atoms with van der Waals surface area (Å²) < 4.78 is 18.5. The molecule has 1 amide bonds. The molecule has 0 radical (unpaired) electrons. The maximum atomic E-state index is 13.4. The number of hydrogen-bond acceptors (Lipinski definition) is 3. The maximum Gasteiger partial charge on any atom is 0.422 e. The van der Waals surface area contributed by atoms with Crippen molar-refractivity contribution in [3.05, 3.63) is 35.6 Å². The molecule has 0 heterocycles. The predicted molar refractivity (Wildman–Crippen MR) is 72.1 cm³/mol. The predicted octanol–water partition coefficient (Wildman–Crippen LogP) is 2.79. The van der Waals surface area contributed by atoms with Crippen LogP contribution in [-0.2, 0) is 11.2 Å². The van der Waals surface area contributed by atoms with Crippen LogP contribution in [0.3, 0.4) is 0 Å². The molecule has 0 aliphatic rings. The summed E-state index contributed by atoms with van der Waals surface area (Å²) in [5.74, 6) is -0.242. The van der Waals surface area contributed by atoms with Gasteiger partial charge in [0.15, 0.2) is 0 Å². The van der Waals surface area contributed by atoms with Crippen LogP contribution in [0.5, 0.6) is 0 Å². The quantitative estimate of drug-likeness (QED) is 0.826. The Morgan fingerprint density at radius 2 is 2.00 bits per heavy atom. The van der Waals surface area contributed by atoms with E-state index in [0.717, 1.165) is 0 Å². The van der Waals surface area contributed by atoms with Crippen molar-refractivity contribution in [2.45, 2.75) is 45.8 Å². The van der Waals surface area contributed by atoms with Crippen molar-refractivity contribution in [2.24, 2.45) is 0 Å². The minimum Gasteiger partial charge on any atom is -0.443 e. The molecule has 1 rings (SSSR count). The van der Waals surface area contributed by atoms with E-state index in [4.69, 9.17) is 4.74 Å². The maximum absolute atomic E-state index is 13.4. The van der Waals surface area contributed by atoms with Crippen molar-refractivity contribution in [1.29, 1.82) is 0 Å². The minimum absolute atomic E-state index is 0.107. The summed E-state index contributed by atoms with van der Waals surface area (Å²) in [6.45, 7) is 7.21. The van der Waals surface area contributed by atoms with Gasteiger partial charge in [-0.1, -0.05) is 18.2 Å². The van der Waals surface area contributed by atoms with E-state index >= 15 is 0 Å². The fraction of sp³-hybridized carbons (Fsp3) is 0.500. The number of carbonyl (C=O) groups is 1. The molecule has 0 aromatic heterocycles. The fourth-order valence-corrected chi connectivity index (χ4v) is 1.53. The number of halogens is 1. The molecule has 0 spiro atoms. The van der Waals surface area contributed by atoms with Gasteiger partial charge in [-0.25, -0.2) is 14.6 Å². The summed E-state index contributed by atoms with van der Waals surface area (Å²) in [6, 6.07) is 6.47. The number of rotatable bonds is 4. The minimum atomic E-state index is -0.548. The summed E-state index contributed by atoms with van der Waals surface area (Å²) in [6.07, 6.45) is -0.0736. The number of carbonyl (C=O) groups excluding carboxylic acids is 1. The van der Waals surface area contributed by atoms with Crippen LogP contribution in [0.25, 0.3) is 0 Å². The van der Waals surface area contributed by atoms with E-state index < -0.39 is 11.7 Å². The van der Waals surface area contributed by atoms with Crippen molar-refractivity contribution in [3.63, 3.8) is 0 Å². The molecule has 0 saturated heterocycles. The zero-order valence-electron chi connectivity index (χ0n) is 11.8. The normalized spacial score (nSPS) is 12.9. The Bertz CT molecular complexity index is 430. The molecule has 0 bridgehead atoms. The first-order valence-corrected chi connectivity index (χ1v) is 6.26. The van der Waals surface area contributed by atoms with Crippen molar-refractivity contribution in [2.75, 3.05) is 0 Å². The van der Waals surface area contributed by atoms with Crippen molar-refractivity contribution < 1.29 is 13.9 Å². The van der Waals surface area contributed by atoms with Gasteiger partial charge in [0.2, 0.25) is 0 Å². The fourth-order valence-electron chi connectivity index (χ4n) is 1.53. The molecule has 1 aromatic carbocycles. The Morgan fingerprint density at radius 1 is 1.37 bits per heavy atom. The molecule has 19 heavy (non-hydrogen) atoms. The Balaban J connectivity index is 2.38. The molecule has 0 saturated carbocycles. The van der Waals surface area contributed by atoms with Gasteiger partial charge in [-0.3, -0.25) is 5.43 Å². The van der Waals surface area contributed by atoms with Gasteiger partial charge < -0.3 is 4.74 Å². The number of benzene rings is 1. The van der Waals surface area contributed by atoms with E-state index in [1.165, 1.54) is 6.07 Å². The number of ether oxygens (including phenoxy) is 1. The number of nitrogens with one attached hydrogen (secondary N) is 2. The molecular weight excluding hydrogens is 247 g/mol. The first kappa shape index (κ1) is 15.4. The number of amides is 1. The van der Waals surface area contributed by atoms with E-state index in [1.807, 2.05) is 6.92 Å². The lowest BCUT2D eigenvalue weighted by Crippen LogP contribution is -2.46. The Morgan fingerprint density at radius 3 is 2.58 bits per heavy atom. The van der Waals surface area contributed by atoms with Gasteiger partial charge in [0.25, 0.3) is 0 Å². The molecule has 106 valence electrons. The van der Waals surface area contributed by atoms with E-state index in [2.05, 4.69) is 10.9 Å². The van der Waals surface area contributed by atoms with Gasteiger partial charge >= 0.3 is 6.09 Å². The van der Waals surface area contributed by atoms with Gasteiger partial charge in [-0.05, 0) is 45.7 Å². The third-order valence-electron chi connectivity index (χ3n) is 2.30. The zero-order valence-corrected chi connectivity index (χ0v) is 11.8. The largest absolute Gasteiger partial charge is 0.443 e. The summed E-state index contributed by atoms with van der Waals surface area (Å²) in [7, 11) is 0. The van der Waals surface area contributed by atoms with Crippen LogP contribution >= 0.6 is 0 Å². The second-order valence-corrected chi connectivity index (χ2v) is 5.47. The van der Waals surface area contributed by atoms with Crippen LogP contribution in [0.15, 0.2) is 24.3 Å². The monoisotopic (exact) mass is 268 g/mol. The highest BCUT2D eigenvalue weighted by atomic mass is 19.1. The highest BCUT2D eigenvalue weighted by molar-refractivity contribution is 5.67. The van der Waals surface area contributed by atoms with E-state index in [1.54, 1.807) is 39.0 Å². The summed E-state index contributed by atoms with van der Waals surface area (Å²) in [5, 5.41) is 0. The standard InChI is InChI=1S/C14H21FN2O2/c1-10(9-11-7-5-6-8-12(11)15)16-17-13(18)19-14(2,3)4/h5-8,10,16H,9H2,1-4H3,(H,17,18). The molecule has 0 aliphatic carbocycles. The van der Waals surface area contributed by atoms with E-state index in [9.17, 15) is 9.18 Å². The van der Waals surface area contributed by atoms with Crippen LogP contribution < -0.4 is 10.9 Å². The summed E-state index contributed by atoms with van der Waals surface area (Å²) >= 11 is 0. The van der Waals surface area contributed by atoms with Crippen molar-refractivity contribution in [1.82, 2.24) is 10.9 Å². The molecule has 0 fully saturated rings. The molecule has 1 unspecified atom stereocenters. The van der Waals surface area contributed by atoms with Crippen LogP contribution in [0.2, 0.25) is 0 Å². The average molecular weight is 268 g/mol. The van der Waals surface area contributed by atoms with Crippen LogP contribution in [0.4, 0.5) is 9.18 Å². The molecular formula is C14H21FN2O2. The third-order valence-corrected chi connectivity index (χ3v) is 2.30. The van der Waals surface area contributed by atoms with Gasteiger partial charge in [-0.2, -0.15) is 0 Å². The van der Waals surface area contributed by atoms with Crippen molar-refractivity contribution in [3.8, 4) is 0 Å². The SMILES string of the molecule is CC(Cc1ccccc1F)NNC(=O)OC(C)(C)C. The second-order valence-electron chi connectivity index (χ2n) is 5.47. The summed E-state index contributed by atoms with van der Waals surface area (Å²) in [5.41, 5.74) is 5.30. The molecule has 0 aliphatic heterocycles. The smallest absolute Gasteiger partial charge is 0.422 e. The highest BCUT2D eigenvalue weighted by Crippen LogP contribution is 2.09. The van der Waals surface area contributed by atoms with Gasteiger partial charge in [-0.15, -0.1) is 0 Å². The molecule has 5 heteroatoms. The highest BCUT2D eigenvalue weighted by Gasteiger charge is 2.16. The third kappa shape index (κ3) is 6.20.